The zero-order chi connectivity index (χ0) is 18.0. The van der Waals surface area contributed by atoms with Gasteiger partial charge in [-0.05, 0) is 56.4 Å². The van der Waals surface area contributed by atoms with Crippen molar-refractivity contribution in [1.29, 1.82) is 0 Å². The van der Waals surface area contributed by atoms with E-state index >= 15 is 0 Å². The summed E-state index contributed by atoms with van der Waals surface area (Å²) >= 11 is 0. The molecule has 25 heavy (non-hydrogen) atoms. The molecule has 3 rings (SSSR count). The molecule has 0 fully saturated rings. The smallest absolute Gasteiger partial charge is 0.414 e. The summed E-state index contributed by atoms with van der Waals surface area (Å²) < 4.78 is 5.52. The summed E-state index contributed by atoms with van der Waals surface area (Å²) in [5.74, 6) is 0. The third-order valence-corrected chi connectivity index (χ3v) is 4.18. The second-order valence-corrected chi connectivity index (χ2v) is 7.38. The Hall–Kier alpha value is -2.62. The number of anilines is 1. The quantitative estimate of drug-likeness (QED) is 0.781. The molecular formula is C21H23NO3. The van der Waals surface area contributed by atoms with Crippen molar-refractivity contribution < 1.29 is 14.3 Å². The molecule has 4 nitrogen and oxygen atoms in total. The molecule has 4 heteroatoms. The minimum absolute atomic E-state index is 0.293. The number of carbonyl (C=O) groups excluding carboxylic acids is 2. The molecule has 0 N–H and O–H groups in total. The van der Waals surface area contributed by atoms with Gasteiger partial charge in [-0.3, -0.25) is 9.69 Å². The number of aldehydes is 1. The molecule has 2 aromatic carbocycles. The second kappa shape index (κ2) is 6.71. The first-order valence-electron chi connectivity index (χ1n) is 8.52. The van der Waals surface area contributed by atoms with Crippen LogP contribution >= 0.6 is 0 Å². The van der Waals surface area contributed by atoms with E-state index in [1.54, 1.807) is 4.90 Å². The SMILES string of the molecule is CC(C)(C)OC(=O)N1CCc2ccc(Cc3ccc(C=O)cc3)cc21. The number of rotatable bonds is 3. The molecule has 1 heterocycles. The Morgan fingerprint density at radius 1 is 1.12 bits per heavy atom. The molecule has 2 aromatic rings. The van der Waals surface area contributed by atoms with E-state index < -0.39 is 5.60 Å². The van der Waals surface area contributed by atoms with Crippen LogP contribution in [0.1, 0.15) is 47.8 Å². The van der Waals surface area contributed by atoms with E-state index in [1.807, 2.05) is 45.0 Å². The van der Waals surface area contributed by atoms with Crippen LogP contribution in [0.4, 0.5) is 10.5 Å². The Balaban J connectivity index is 1.79. The molecule has 0 radical (unpaired) electrons. The van der Waals surface area contributed by atoms with Crippen LogP contribution in [0, 0.1) is 0 Å². The lowest BCUT2D eigenvalue weighted by atomic mass is 10.0. The first kappa shape index (κ1) is 17.2. The zero-order valence-corrected chi connectivity index (χ0v) is 14.9. The van der Waals surface area contributed by atoms with Crippen LogP contribution in [0.15, 0.2) is 42.5 Å². The van der Waals surface area contributed by atoms with Crippen LogP contribution < -0.4 is 4.90 Å². The molecule has 1 aliphatic rings. The van der Waals surface area contributed by atoms with Crippen LogP contribution in [0.2, 0.25) is 0 Å². The first-order chi connectivity index (χ1) is 11.9. The summed E-state index contributed by atoms with van der Waals surface area (Å²) in [6.07, 6.45) is 2.16. The summed E-state index contributed by atoms with van der Waals surface area (Å²) in [7, 11) is 0. The van der Waals surface area contributed by atoms with Crippen LogP contribution in [0.5, 0.6) is 0 Å². The number of hydrogen-bond donors (Lipinski definition) is 0. The Bertz CT molecular complexity index is 788. The summed E-state index contributed by atoms with van der Waals surface area (Å²) in [4.78, 5) is 24.9. The van der Waals surface area contributed by atoms with Gasteiger partial charge in [-0.25, -0.2) is 4.79 Å². The van der Waals surface area contributed by atoms with E-state index in [2.05, 4.69) is 18.2 Å². The van der Waals surface area contributed by atoms with Gasteiger partial charge in [0.25, 0.3) is 0 Å². The van der Waals surface area contributed by atoms with E-state index in [9.17, 15) is 9.59 Å². The van der Waals surface area contributed by atoms with Gasteiger partial charge in [-0.1, -0.05) is 36.4 Å². The standard InChI is InChI=1S/C21H23NO3/c1-21(2,3)25-20(24)22-11-10-18-9-8-17(13-19(18)22)12-15-4-6-16(14-23)7-5-15/h4-9,13-14H,10-12H2,1-3H3. The average Bonchev–Trinajstić information content (AvgIpc) is 2.97. The molecule has 0 saturated carbocycles. The van der Waals surface area contributed by atoms with Gasteiger partial charge in [0.1, 0.15) is 11.9 Å². The van der Waals surface area contributed by atoms with Gasteiger partial charge in [0.15, 0.2) is 0 Å². The third kappa shape index (κ3) is 4.08. The van der Waals surface area contributed by atoms with Gasteiger partial charge in [0.05, 0.1) is 5.69 Å². The molecule has 1 aliphatic heterocycles. The predicted molar refractivity (Wildman–Crippen MR) is 98.4 cm³/mol. The van der Waals surface area contributed by atoms with E-state index in [0.29, 0.717) is 12.1 Å². The van der Waals surface area contributed by atoms with E-state index in [-0.39, 0.29) is 6.09 Å². The van der Waals surface area contributed by atoms with Gasteiger partial charge >= 0.3 is 6.09 Å². The van der Waals surface area contributed by atoms with Gasteiger partial charge in [0.2, 0.25) is 0 Å². The molecule has 0 saturated heterocycles. The molecule has 0 atom stereocenters. The Labute approximate surface area is 148 Å². The van der Waals surface area contributed by atoms with Gasteiger partial charge in [-0.2, -0.15) is 0 Å². The number of hydrogen-bond acceptors (Lipinski definition) is 3. The maximum absolute atomic E-state index is 12.4. The van der Waals surface area contributed by atoms with Crippen molar-refractivity contribution in [2.45, 2.75) is 39.2 Å². The molecule has 0 unspecified atom stereocenters. The molecule has 130 valence electrons. The zero-order valence-electron chi connectivity index (χ0n) is 14.9. The summed E-state index contributed by atoms with van der Waals surface area (Å²) in [6.45, 7) is 6.28. The lowest BCUT2D eigenvalue weighted by Crippen LogP contribution is -2.35. The molecule has 1 amide bonds. The van der Waals surface area contributed by atoms with Gasteiger partial charge in [-0.15, -0.1) is 0 Å². The minimum Gasteiger partial charge on any atom is -0.443 e. The molecule has 0 spiro atoms. The Morgan fingerprint density at radius 2 is 1.80 bits per heavy atom. The molecular weight excluding hydrogens is 314 g/mol. The summed E-state index contributed by atoms with van der Waals surface area (Å²) in [6, 6.07) is 13.8. The second-order valence-electron chi connectivity index (χ2n) is 7.38. The van der Waals surface area contributed by atoms with Crippen molar-refractivity contribution in [3.8, 4) is 0 Å². The van der Waals surface area contributed by atoms with Crippen LogP contribution in [0.3, 0.4) is 0 Å². The van der Waals surface area contributed by atoms with Crippen molar-refractivity contribution >= 4 is 18.1 Å². The number of nitrogens with zero attached hydrogens (tertiary/aromatic N) is 1. The fourth-order valence-electron chi connectivity index (χ4n) is 2.99. The lowest BCUT2D eigenvalue weighted by molar-refractivity contribution is 0.0584. The van der Waals surface area contributed by atoms with Crippen LogP contribution in [-0.2, 0) is 17.6 Å². The first-order valence-corrected chi connectivity index (χ1v) is 8.52. The summed E-state index contributed by atoms with van der Waals surface area (Å²) in [5.41, 5.74) is 4.55. The maximum Gasteiger partial charge on any atom is 0.414 e. The number of fused-ring (bicyclic) bond motifs is 1. The van der Waals surface area contributed by atoms with Crippen molar-refractivity contribution in [2.24, 2.45) is 0 Å². The highest BCUT2D eigenvalue weighted by atomic mass is 16.6. The number of benzene rings is 2. The predicted octanol–water partition coefficient (Wildman–Crippen LogP) is 4.39. The Kier molecular flexibility index (Phi) is 4.62. The van der Waals surface area contributed by atoms with Crippen molar-refractivity contribution in [2.75, 3.05) is 11.4 Å². The average molecular weight is 337 g/mol. The lowest BCUT2D eigenvalue weighted by Gasteiger charge is -2.25. The van der Waals surface area contributed by atoms with Crippen LogP contribution in [0.25, 0.3) is 0 Å². The van der Waals surface area contributed by atoms with E-state index in [0.717, 1.165) is 35.9 Å². The highest BCUT2D eigenvalue weighted by Crippen LogP contribution is 2.31. The molecule has 0 aromatic heterocycles. The topological polar surface area (TPSA) is 46.6 Å². The fraction of sp³-hybridized carbons (Fsp3) is 0.333. The fourth-order valence-corrected chi connectivity index (χ4v) is 2.99. The van der Waals surface area contributed by atoms with Crippen LogP contribution in [-0.4, -0.2) is 24.5 Å². The van der Waals surface area contributed by atoms with Crippen molar-refractivity contribution in [3.63, 3.8) is 0 Å². The number of ether oxygens (including phenoxy) is 1. The maximum atomic E-state index is 12.4. The van der Waals surface area contributed by atoms with E-state index in [1.165, 1.54) is 5.56 Å². The van der Waals surface area contributed by atoms with E-state index in [4.69, 9.17) is 4.74 Å². The van der Waals surface area contributed by atoms with Gasteiger partial charge < -0.3 is 4.74 Å². The third-order valence-electron chi connectivity index (χ3n) is 4.18. The molecule has 0 aliphatic carbocycles. The largest absolute Gasteiger partial charge is 0.443 e. The Morgan fingerprint density at radius 3 is 2.44 bits per heavy atom. The normalized spacial score (nSPS) is 13.5. The molecule has 0 bridgehead atoms. The highest BCUT2D eigenvalue weighted by Gasteiger charge is 2.29. The van der Waals surface area contributed by atoms with Crippen molar-refractivity contribution in [1.82, 2.24) is 0 Å². The number of carbonyl (C=O) groups is 2. The monoisotopic (exact) mass is 337 g/mol. The number of amides is 1. The van der Waals surface area contributed by atoms with Crippen molar-refractivity contribution in [3.05, 3.63) is 64.7 Å². The minimum atomic E-state index is -0.502. The van der Waals surface area contributed by atoms with Gasteiger partial charge in [0, 0.05) is 12.1 Å². The summed E-state index contributed by atoms with van der Waals surface area (Å²) in [5, 5.41) is 0. The highest BCUT2D eigenvalue weighted by molar-refractivity contribution is 5.90.